The average Bonchev–Trinajstić information content (AvgIpc) is 2.77. The van der Waals surface area contributed by atoms with Gasteiger partial charge in [0.1, 0.15) is 6.54 Å². The topological polar surface area (TPSA) is 52.4 Å². The van der Waals surface area contributed by atoms with Crippen LogP contribution in [0.3, 0.4) is 0 Å². The van der Waals surface area contributed by atoms with Crippen LogP contribution in [-0.4, -0.2) is 58.3 Å². The van der Waals surface area contributed by atoms with Gasteiger partial charge >= 0.3 is 0 Å². The number of nitrogens with zero attached hydrogens (tertiary/aromatic N) is 1. The molecule has 154 valence electrons. The number of methoxy groups -OCH3 is 3. The van der Waals surface area contributed by atoms with E-state index >= 15 is 0 Å². The van der Waals surface area contributed by atoms with E-state index in [0.29, 0.717) is 17.2 Å². The quantitative estimate of drug-likeness (QED) is 0.722. The predicted octanol–water partition coefficient (Wildman–Crippen LogP) is 1.65. The van der Waals surface area contributed by atoms with Crippen molar-refractivity contribution in [3.05, 3.63) is 59.7 Å². The zero-order valence-corrected chi connectivity index (χ0v) is 17.3. The Bertz CT molecular complexity index is 818. The van der Waals surface area contributed by atoms with Crippen LogP contribution in [0.2, 0.25) is 0 Å². The summed E-state index contributed by atoms with van der Waals surface area (Å²) in [6.45, 7) is 4.45. The first kappa shape index (κ1) is 20.7. The molecule has 0 atom stereocenters. The number of hydrogen-bond acceptors (Lipinski definition) is 4. The number of carbonyl (C=O) groups is 1. The van der Waals surface area contributed by atoms with Gasteiger partial charge in [-0.2, -0.15) is 0 Å². The van der Waals surface area contributed by atoms with Crippen LogP contribution in [0.4, 0.5) is 0 Å². The van der Waals surface area contributed by atoms with Gasteiger partial charge in [-0.25, -0.2) is 0 Å². The van der Waals surface area contributed by atoms with Gasteiger partial charge in [0, 0.05) is 11.6 Å². The number of nitrogens with one attached hydrogen (secondary N) is 1. The van der Waals surface area contributed by atoms with E-state index in [1.165, 1.54) is 10.5 Å². The number of carbonyl (C=O) groups excluding carboxylic acids is 1. The summed E-state index contributed by atoms with van der Waals surface area (Å²) in [5, 5.41) is 0. The third-order valence-electron chi connectivity index (χ3n) is 5.18. The van der Waals surface area contributed by atoms with Gasteiger partial charge in [-0.1, -0.05) is 30.3 Å². The zero-order valence-electron chi connectivity index (χ0n) is 17.3. The van der Waals surface area contributed by atoms with E-state index < -0.39 is 0 Å². The maximum Gasteiger partial charge on any atom is 0.246 e. The van der Waals surface area contributed by atoms with Gasteiger partial charge in [-0.15, -0.1) is 0 Å². The summed E-state index contributed by atoms with van der Waals surface area (Å²) in [5.41, 5.74) is 2.16. The highest BCUT2D eigenvalue weighted by Crippen LogP contribution is 2.38. The molecule has 0 aromatic heterocycles. The largest absolute Gasteiger partial charge is 0.493 e. The number of ether oxygens (including phenoxy) is 3. The van der Waals surface area contributed by atoms with Crippen LogP contribution in [0, 0.1) is 0 Å². The first-order valence-corrected chi connectivity index (χ1v) is 9.79. The standard InChI is InChI=1S/C23H28N2O4/c1-27-20-15-19(16-21(28-2)23(20)29-3)9-10-22(26)25-13-11-24(12-14-25)17-18-7-5-4-6-8-18/h4-10,15-16H,11-14,17H2,1-3H3/p+1/b10-9+. The number of piperazine rings is 1. The molecule has 1 amide bonds. The maximum atomic E-state index is 12.6. The van der Waals surface area contributed by atoms with E-state index in [1.807, 2.05) is 23.1 Å². The van der Waals surface area contributed by atoms with E-state index in [2.05, 4.69) is 24.3 Å². The van der Waals surface area contributed by atoms with Crippen LogP contribution in [0.15, 0.2) is 48.5 Å². The molecule has 3 rings (SSSR count). The van der Waals surface area contributed by atoms with Crippen LogP contribution in [0.5, 0.6) is 17.2 Å². The van der Waals surface area contributed by atoms with Crippen molar-refractivity contribution in [1.29, 1.82) is 0 Å². The molecule has 0 aliphatic carbocycles. The van der Waals surface area contributed by atoms with Gasteiger partial charge in [0.25, 0.3) is 0 Å². The Morgan fingerprint density at radius 2 is 1.62 bits per heavy atom. The normalized spacial score (nSPS) is 14.8. The van der Waals surface area contributed by atoms with Crippen molar-refractivity contribution in [3.63, 3.8) is 0 Å². The van der Waals surface area contributed by atoms with E-state index in [0.717, 1.165) is 38.3 Å². The number of benzene rings is 2. The number of quaternary nitrogens is 1. The van der Waals surface area contributed by atoms with Gasteiger partial charge in [0.15, 0.2) is 11.5 Å². The van der Waals surface area contributed by atoms with E-state index in [9.17, 15) is 4.79 Å². The molecule has 1 aliphatic heterocycles. The maximum absolute atomic E-state index is 12.6. The van der Waals surface area contributed by atoms with Crippen LogP contribution >= 0.6 is 0 Å². The Hall–Kier alpha value is -2.99. The minimum Gasteiger partial charge on any atom is -0.493 e. The molecule has 1 saturated heterocycles. The summed E-state index contributed by atoms with van der Waals surface area (Å²) < 4.78 is 16.1. The molecule has 1 heterocycles. The van der Waals surface area contributed by atoms with Crippen molar-refractivity contribution in [2.75, 3.05) is 47.5 Å². The summed E-state index contributed by atoms with van der Waals surface area (Å²) >= 11 is 0. The van der Waals surface area contributed by atoms with Gasteiger partial charge in [-0.3, -0.25) is 4.79 Å². The van der Waals surface area contributed by atoms with Gasteiger partial charge in [0.2, 0.25) is 11.7 Å². The first-order chi connectivity index (χ1) is 14.1. The molecule has 0 radical (unpaired) electrons. The Balaban J connectivity index is 1.59. The second-order valence-corrected chi connectivity index (χ2v) is 7.03. The second-order valence-electron chi connectivity index (χ2n) is 7.03. The molecule has 29 heavy (non-hydrogen) atoms. The van der Waals surface area contributed by atoms with Gasteiger partial charge in [0.05, 0.1) is 47.5 Å². The van der Waals surface area contributed by atoms with E-state index in [-0.39, 0.29) is 5.91 Å². The summed E-state index contributed by atoms with van der Waals surface area (Å²) in [6.07, 6.45) is 3.40. The third kappa shape index (κ3) is 5.29. The first-order valence-electron chi connectivity index (χ1n) is 9.79. The minimum atomic E-state index is 0.0255. The molecule has 0 saturated carbocycles. The van der Waals surface area contributed by atoms with E-state index in [1.54, 1.807) is 33.5 Å². The molecule has 6 heteroatoms. The molecular weight excluding hydrogens is 368 g/mol. The van der Waals surface area contributed by atoms with Crippen LogP contribution in [-0.2, 0) is 11.3 Å². The SMILES string of the molecule is COc1cc(/C=C/C(=O)N2CC[NH+](Cc3ccccc3)CC2)cc(OC)c1OC. The van der Waals surface area contributed by atoms with Gasteiger partial charge in [-0.05, 0) is 23.8 Å². The summed E-state index contributed by atoms with van der Waals surface area (Å²) in [6, 6.07) is 14.1. The Morgan fingerprint density at radius 3 is 2.17 bits per heavy atom. The van der Waals surface area contributed by atoms with Crippen LogP contribution in [0.25, 0.3) is 6.08 Å². The molecule has 1 aliphatic rings. The smallest absolute Gasteiger partial charge is 0.246 e. The van der Waals surface area contributed by atoms with Crippen molar-refractivity contribution in [1.82, 2.24) is 4.90 Å². The fourth-order valence-corrected chi connectivity index (χ4v) is 3.58. The molecule has 0 spiro atoms. The number of amides is 1. The van der Waals surface area contributed by atoms with Crippen molar-refractivity contribution < 1.29 is 23.9 Å². The number of hydrogen-bond donors (Lipinski definition) is 1. The van der Waals surface area contributed by atoms with Crippen LogP contribution < -0.4 is 19.1 Å². The summed E-state index contributed by atoms with van der Waals surface area (Å²) in [5.74, 6) is 1.70. The van der Waals surface area contributed by atoms with Crippen molar-refractivity contribution in [2.45, 2.75) is 6.54 Å². The minimum absolute atomic E-state index is 0.0255. The second kappa shape index (κ2) is 9.98. The van der Waals surface area contributed by atoms with Crippen molar-refractivity contribution in [2.24, 2.45) is 0 Å². The summed E-state index contributed by atoms with van der Waals surface area (Å²) in [4.78, 5) is 16.0. The van der Waals surface area contributed by atoms with Gasteiger partial charge < -0.3 is 24.0 Å². The molecule has 2 aromatic rings. The number of rotatable bonds is 7. The average molecular weight is 397 g/mol. The van der Waals surface area contributed by atoms with Crippen molar-refractivity contribution in [3.8, 4) is 17.2 Å². The molecule has 0 unspecified atom stereocenters. The highest BCUT2D eigenvalue weighted by atomic mass is 16.5. The lowest BCUT2D eigenvalue weighted by molar-refractivity contribution is -0.917. The fourth-order valence-electron chi connectivity index (χ4n) is 3.58. The fraction of sp³-hybridized carbons (Fsp3) is 0.348. The lowest BCUT2D eigenvalue weighted by atomic mass is 10.1. The lowest BCUT2D eigenvalue weighted by Gasteiger charge is -2.31. The Labute approximate surface area is 172 Å². The van der Waals surface area contributed by atoms with Crippen molar-refractivity contribution >= 4 is 12.0 Å². The molecule has 0 bridgehead atoms. The molecule has 1 fully saturated rings. The van der Waals surface area contributed by atoms with E-state index in [4.69, 9.17) is 14.2 Å². The highest BCUT2D eigenvalue weighted by molar-refractivity contribution is 5.92. The molecule has 6 nitrogen and oxygen atoms in total. The molecular formula is C23H29N2O4+. The Kier molecular flexibility index (Phi) is 7.14. The Morgan fingerprint density at radius 1 is 1.00 bits per heavy atom. The molecule has 2 aromatic carbocycles. The lowest BCUT2D eigenvalue weighted by Crippen LogP contribution is -3.13. The summed E-state index contributed by atoms with van der Waals surface area (Å²) in [7, 11) is 4.72. The highest BCUT2D eigenvalue weighted by Gasteiger charge is 2.22. The third-order valence-corrected chi connectivity index (χ3v) is 5.18. The molecule has 1 N–H and O–H groups in total. The van der Waals surface area contributed by atoms with Crippen LogP contribution in [0.1, 0.15) is 11.1 Å². The zero-order chi connectivity index (χ0) is 20.6. The predicted molar refractivity (Wildman–Crippen MR) is 113 cm³/mol. The monoisotopic (exact) mass is 397 g/mol.